The minimum Gasteiger partial charge on any atom is -0.347 e. The highest BCUT2D eigenvalue weighted by Crippen LogP contribution is 2.36. The third kappa shape index (κ3) is 3.88. The molecule has 0 saturated carbocycles. The first kappa shape index (κ1) is 22.0. The zero-order valence-corrected chi connectivity index (χ0v) is 18.3. The molecule has 5 nitrogen and oxygen atoms in total. The summed E-state index contributed by atoms with van der Waals surface area (Å²) in [4.78, 5) is 21.4. The highest BCUT2D eigenvalue weighted by atomic mass is 32.1. The van der Waals surface area contributed by atoms with Gasteiger partial charge < -0.3 is 15.1 Å². The summed E-state index contributed by atoms with van der Waals surface area (Å²) in [5.74, 6) is -0.844. The first-order valence-corrected chi connectivity index (χ1v) is 10.6. The van der Waals surface area contributed by atoms with E-state index in [-0.39, 0.29) is 0 Å². The number of pyridine rings is 1. The normalized spacial score (nSPS) is 14.3. The number of carbonyl (C=O) groups is 1. The number of fused-ring (bicyclic) bond motifs is 1. The van der Waals surface area contributed by atoms with E-state index in [2.05, 4.69) is 15.2 Å². The molecular formula is C23H21F3N4OS. The molecule has 0 spiro atoms. The number of aryl methyl sites for hydroxylation is 1. The molecule has 0 radical (unpaired) electrons. The summed E-state index contributed by atoms with van der Waals surface area (Å²) in [6.07, 6.45) is -2.94. The van der Waals surface area contributed by atoms with E-state index >= 15 is 0 Å². The molecule has 2 heterocycles. The fraction of sp³-hybridized carbons (Fsp3) is 0.261. The van der Waals surface area contributed by atoms with Crippen LogP contribution < -0.4 is 10.2 Å². The van der Waals surface area contributed by atoms with Crippen LogP contribution in [-0.2, 0) is 6.18 Å². The molecule has 166 valence electrons. The minimum atomic E-state index is -4.63. The van der Waals surface area contributed by atoms with Crippen LogP contribution in [-0.4, -0.2) is 40.5 Å². The lowest BCUT2D eigenvalue weighted by atomic mass is 10.1. The van der Waals surface area contributed by atoms with Crippen molar-refractivity contribution < 1.29 is 18.0 Å². The van der Waals surface area contributed by atoms with Crippen molar-refractivity contribution in [3.8, 4) is 0 Å². The van der Waals surface area contributed by atoms with Crippen molar-refractivity contribution in [2.45, 2.75) is 20.0 Å². The number of alkyl halides is 3. The van der Waals surface area contributed by atoms with E-state index in [1.165, 1.54) is 12.1 Å². The number of hydrogen-bond donors (Lipinski definition) is 1. The molecule has 1 aliphatic heterocycles. The van der Waals surface area contributed by atoms with Crippen molar-refractivity contribution >= 4 is 45.5 Å². The summed E-state index contributed by atoms with van der Waals surface area (Å²) in [6, 6.07) is 9.96. The number of aromatic nitrogens is 1. The largest absolute Gasteiger partial charge is 0.417 e. The highest BCUT2D eigenvalue weighted by Gasteiger charge is 2.35. The van der Waals surface area contributed by atoms with Gasteiger partial charge >= 0.3 is 6.18 Å². The van der Waals surface area contributed by atoms with Gasteiger partial charge in [-0.1, -0.05) is 24.3 Å². The molecule has 2 aromatic carbocycles. The van der Waals surface area contributed by atoms with Gasteiger partial charge in [-0.2, -0.15) is 13.2 Å². The fourth-order valence-electron chi connectivity index (χ4n) is 3.97. The quantitative estimate of drug-likeness (QED) is 0.542. The number of thiocarbonyl (C=S) groups is 1. The van der Waals surface area contributed by atoms with Crippen molar-refractivity contribution in [1.29, 1.82) is 0 Å². The lowest BCUT2D eigenvalue weighted by Gasteiger charge is -2.24. The Morgan fingerprint density at radius 3 is 2.59 bits per heavy atom. The predicted octanol–water partition coefficient (Wildman–Crippen LogP) is 5.24. The predicted molar refractivity (Wildman–Crippen MR) is 123 cm³/mol. The number of nitrogens with zero attached hydrogens (tertiary/aromatic N) is 3. The Hall–Kier alpha value is -3.20. The number of nitrogens with one attached hydrogen (secondary N) is 1. The molecule has 0 atom stereocenters. The van der Waals surface area contributed by atoms with E-state index in [4.69, 9.17) is 12.2 Å². The van der Waals surface area contributed by atoms with Crippen LogP contribution in [0.1, 0.15) is 28.4 Å². The standard InChI is InChI=1S/C23H21F3N4OS/c1-3-29-11-12-30(22(29)32)20-14(2)13-27-19-16(20)8-6-10-18(19)28-21(31)15-7-4-5-9-17(15)23(24,25)26/h4-10,13H,3,11-12H2,1-2H3,(H,28,31). The molecule has 1 amide bonds. The Balaban J connectivity index is 1.75. The van der Waals surface area contributed by atoms with Gasteiger partial charge in [0.15, 0.2) is 5.11 Å². The van der Waals surface area contributed by atoms with Crippen molar-refractivity contribution in [2.75, 3.05) is 29.9 Å². The van der Waals surface area contributed by atoms with Crippen LogP contribution in [0.4, 0.5) is 24.5 Å². The molecule has 1 N–H and O–H groups in total. The van der Waals surface area contributed by atoms with Crippen molar-refractivity contribution in [2.24, 2.45) is 0 Å². The van der Waals surface area contributed by atoms with Gasteiger partial charge in [0, 0.05) is 31.2 Å². The van der Waals surface area contributed by atoms with Crippen molar-refractivity contribution in [1.82, 2.24) is 9.88 Å². The number of rotatable bonds is 4. The number of anilines is 2. The molecule has 1 fully saturated rings. The highest BCUT2D eigenvalue weighted by molar-refractivity contribution is 7.80. The third-order valence-corrected chi connectivity index (χ3v) is 6.00. The number of halogens is 3. The van der Waals surface area contributed by atoms with Crippen LogP contribution in [0.3, 0.4) is 0 Å². The van der Waals surface area contributed by atoms with Crippen LogP contribution in [0, 0.1) is 6.92 Å². The summed E-state index contributed by atoms with van der Waals surface area (Å²) in [5.41, 5.74) is 1.21. The SMILES string of the molecule is CCN1CCN(c2c(C)cnc3c(NC(=O)c4ccccc4C(F)(F)F)cccc23)C1=S. The van der Waals surface area contributed by atoms with Gasteiger partial charge in [-0.25, -0.2) is 0 Å². The van der Waals surface area contributed by atoms with Gasteiger partial charge in [0.1, 0.15) is 0 Å². The van der Waals surface area contributed by atoms with E-state index in [9.17, 15) is 18.0 Å². The molecule has 4 rings (SSSR count). The number of amides is 1. The lowest BCUT2D eigenvalue weighted by molar-refractivity contribution is -0.137. The second-order valence-electron chi connectivity index (χ2n) is 7.50. The maximum absolute atomic E-state index is 13.4. The van der Waals surface area contributed by atoms with E-state index in [1.54, 1.807) is 18.3 Å². The summed E-state index contributed by atoms with van der Waals surface area (Å²) < 4.78 is 40.1. The maximum Gasteiger partial charge on any atom is 0.417 e. The van der Waals surface area contributed by atoms with Crippen LogP contribution >= 0.6 is 12.2 Å². The van der Waals surface area contributed by atoms with Crippen LogP contribution in [0.2, 0.25) is 0 Å². The second kappa shape index (κ2) is 8.38. The Morgan fingerprint density at radius 1 is 1.16 bits per heavy atom. The molecule has 1 saturated heterocycles. The van der Waals surface area contributed by atoms with Gasteiger partial charge in [0.05, 0.1) is 28.0 Å². The molecule has 1 aromatic heterocycles. The lowest BCUT2D eigenvalue weighted by Crippen LogP contribution is -2.31. The van der Waals surface area contributed by atoms with Gasteiger partial charge in [-0.15, -0.1) is 0 Å². The molecule has 1 aliphatic rings. The average Bonchev–Trinajstić information content (AvgIpc) is 3.13. The third-order valence-electron chi connectivity index (χ3n) is 5.52. The number of hydrogen-bond acceptors (Lipinski definition) is 3. The second-order valence-corrected chi connectivity index (χ2v) is 7.87. The van der Waals surface area contributed by atoms with E-state index in [0.29, 0.717) is 11.2 Å². The first-order chi connectivity index (χ1) is 15.2. The summed E-state index contributed by atoms with van der Waals surface area (Å²) in [6.45, 7) is 6.31. The topological polar surface area (TPSA) is 48.5 Å². The Labute approximate surface area is 188 Å². The molecule has 0 bridgehead atoms. The summed E-state index contributed by atoms with van der Waals surface area (Å²) >= 11 is 5.64. The smallest absolute Gasteiger partial charge is 0.347 e. The van der Waals surface area contributed by atoms with E-state index in [1.807, 2.05) is 24.8 Å². The Kier molecular flexibility index (Phi) is 5.77. The monoisotopic (exact) mass is 458 g/mol. The molecule has 3 aromatic rings. The average molecular weight is 459 g/mol. The Bertz CT molecular complexity index is 1210. The maximum atomic E-state index is 13.4. The van der Waals surface area contributed by atoms with Crippen molar-refractivity contribution in [3.05, 3.63) is 65.4 Å². The number of likely N-dealkylation sites (N-methyl/N-ethyl adjacent to an activating group) is 1. The fourth-order valence-corrected chi connectivity index (χ4v) is 4.37. The van der Waals surface area contributed by atoms with Gasteiger partial charge in [0.2, 0.25) is 0 Å². The van der Waals surface area contributed by atoms with Crippen molar-refractivity contribution in [3.63, 3.8) is 0 Å². The van der Waals surface area contributed by atoms with Gasteiger partial charge in [-0.05, 0) is 49.8 Å². The molecule has 0 aliphatic carbocycles. The van der Waals surface area contributed by atoms with Gasteiger partial charge in [-0.3, -0.25) is 9.78 Å². The summed E-state index contributed by atoms with van der Waals surface area (Å²) in [5, 5.41) is 4.11. The van der Waals surface area contributed by atoms with Crippen LogP contribution in [0.15, 0.2) is 48.7 Å². The molecule has 9 heteroatoms. The number of benzene rings is 2. The number of carbonyl (C=O) groups excluding carboxylic acids is 1. The molecule has 0 unspecified atom stereocenters. The molecular weight excluding hydrogens is 437 g/mol. The van der Waals surface area contributed by atoms with Crippen LogP contribution in [0.25, 0.3) is 10.9 Å². The Morgan fingerprint density at radius 2 is 1.91 bits per heavy atom. The zero-order chi connectivity index (χ0) is 23.0. The first-order valence-electron chi connectivity index (χ1n) is 10.1. The van der Waals surface area contributed by atoms with E-state index in [0.717, 1.165) is 53.5 Å². The minimum absolute atomic E-state index is 0.336. The zero-order valence-electron chi connectivity index (χ0n) is 17.5. The van der Waals surface area contributed by atoms with Gasteiger partial charge in [0.25, 0.3) is 5.91 Å². The van der Waals surface area contributed by atoms with Crippen LogP contribution in [0.5, 0.6) is 0 Å². The van der Waals surface area contributed by atoms with E-state index < -0.39 is 23.2 Å². The molecule has 32 heavy (non-hydrogen) atoms. The summed E-state index contributed by atoms with van der Waals surface area (Å²) in [7, 11) is 0. The number of para-hydroxylation sites is 1.